The quantitative estimate of drug-likeness (QED) is 0.742. The lowest BCUT2D eigenvalue weighted by Crippen LogP contribution is -2.37. The predicted molar refractivity (Wildman–Crippen MR) is 91.3 cm³/mol. The van der Waals surface area contributed by atoms with Crippen LogP contribution in [-0.2, 0) is 6.42 Å². The number of hydrogen-bond donors (Lipinski definition) is 1. The molecule has 1 unspecified atom stereocenters. The van der Waals surface area contributed by atoms with Gasteiger partial charge in [0, 0.05) is 22.0 Å². The van der Waals surface area contributed by atoms with Gasteiger partial charge in [-0.1, -0.05) is 41.9 Å². The van der Waals surface area contributed by atoms with Gasteiger partial charge >= 0.3 is 0 Å². The minimum Gasteiger partial charge on any atom is -0.348 e. The Morgan fingerprint density at radius 1 is 1.19 bits per heavy atom. The molecule has 5 heteroatoms. The lowest BCUT2D eigenvalue weighted by Gasteiger charge is -2.16. The van der Waals surface area contributed by atoms with E-state index in [1.165, 1.54) is 0 Å². The highest BCUT2D eigenvalue weighted by Gasteiger charge is 2.14. The number of nitrogens with one attached hydrogen (secondary N) is 1. The number of carbonyl (C=O) groups is 1. The topological polar surface area (TPSA) is 29.1 Å². The van der Waals surface area contributed by atoms with E-state index in [4.69, 9.17) is 23.2 Å². The number of rotatable bonds is 5. The highest BCUT2D eigenvalue weighted by Crippen LogP contribution is 2.23. The van der Waals surface area contributed by atoms with Crippen molar-refractivity contribution in [3.63, 3.8) is 0 Å². The second-order valence-electron chi connectivity index (χ2n) is 4.64. The maximum atomic E-state index is 12.2. The van der Waals surface area contributed by atoms with Crippen LogP contribution in [0.3, 0.4) is 0 Å². The molecule has 1 amide bonds. The molecule has 0 aromatic heterocycles. The number of halogens is 3. The molecule has 0 aliphatic carbocycles. The Hall–Kier alpha value is -1.03. The van der Waals surface area contributed by atoms with E-state index in [9.17, 15) is 4.79 Å². The standard InChI is InChI=1S/C16H14BrCl2NO/c17-14-9-12(6-7-15(14)19)16(21)20-13(10-18)8-11-4-2-1-3-5-11/h1-7,9,13H,8,10H2,(H,20,21). The zero-order chi connectivity index (χ0) is 15.2. The van der Waals surface area contributed by atoms with Crippen LogP contribution in [0.5, 0.6) is 0 Å². The van der Waals surface area contributed by atoms with E-state index in [2.05, 4.69) is 21.2 Å². The third-order valence-corrected chi connectivity index (χ3v) is 4.61. The fourth-order valence-corrected chi connectivity index (χ4v) is 2.63. The number of benzene rings is 2. The van der Waals surface area contributed by atoms with Crippen LogP contribution in [0, 0.1) is 0 Å². The van der Waals surface area contributed by atoms with Crippen LogP contribution in [0.2, 0.25) is 5.02 Å². The Balaban J connectivity index is 2.04. The molecule has 0 fully saturated rings. The van der Waals surface area contributed by atoms with Gasteiger partial charge in [-0.15, -0.1) is 11.6 Å². The van der Waals surface area contributed by atoms with Crippen molar-refractivity contribution in [1.82, 2.24) is 5.32 Å². The van der Waals surface area contributed by atoms with E-state index in [0.717, 1.165) is 5.56 Å². The molecule has 0 aliphatic rings. The normalized spacial score (nSPS) is 12.0. The van der Waals surface area contributed by atoms with Gasteiger partial charge in [0.15, 0.2) is 0 Å². The first kappa shape index (κ1) is 16.3. The van der Waals surface area contributed by atoms with Crippen molar-refractivity contribution < 1.29 is 4.79 Å². The summed E-state index contributed by atoms with van der Waals surface area (Å²) in [7, 11) is 0. The number of hydrogen-bond acceptors (Lipinski definition) is 1. The molecule has 0 bridgehead atoms. The Bertz CT molecular complexity index is 619. The molecule has 0 saturated heterocycles. The first-order valence-corrected chi connectivity index (χ1v) is 8.16. The molecule has 2 nitrogen and oxygen atoms in total. The lowest BCUT2D eigenvalue weighted by molar-refractivity contribution is 0.0940. The van der Waals surface area contributed by atoms with E-state index < -0.39 is 0 Å². The van der Waals surface area contributed by atoms with Crippen LogP contribution in [0.1, 0.15) is 15.9 Å². The van der Waals surface area contributed by atoms with Crippen molar-refractivity contribution in [2.45, 2.75) is 12.5 Å². The van der Waals surface area contributed by atoms with Crippen molar-refractivity contribution in [3.05, 3.63) is 69.2 Å². The molecule has 2 rings (SSSR count). The van der Waals surface area contributed by atoms with E-state index in [1.807, 2.05) is 30.3 Å². The van der Waals surface area contributed by atoms with Gasteiger partial charge in [-0.05, 0) is 46.1 Å². The molecule has 2 aromatic rings. The Labute approximate surface area is 142 Å². The van der Waals surface area contributed by atoms with Crippen LogP contribution in [0.15, 0.2) is 53.0 Å². The summed E-state index contributed by atoms with van der Waals surface area (Å²) in [6.07, 6.45) is 0.699. The average molecular weight is 387 g/mol. The summed E-state index contributed by atoms with van der Waals surface area (Å²) in [5.74, 6) is 0.198. The summed E-state index contributed by atoms with van der Waals surface area (Å²) in [6, 6.07) is 14.9. The van der Waals surface area contributed by atoms with Crippen molar-refractivity contribution in [3.8, 4) is 0 Å². The highest BCUT2D eigenvalue weighted by molar-refractivity contribution is 9.10. The SMILES string of the molecule is O=C(NC(CCl)Cc1ccccc1)c1ccc(Cl)c(Br)c1. The van der Waals surface area contributed by atoms with Gasteiger partial charge in [0.1, 0.15) is 0 Å². The van der Waals surface area contributed by atoms with Crippen LogP contribution in [-0.4, -0.2) is 17.8 Å². The van der Waals surface area contributed by atoms with E-state index in [1.54, 1.807) is 18.2 Å². The van der Waals surface area contributed by atoms with Gasteiger partial charge < -0.3 is 5.32 Å². The summed E-state index contributed by atoms with van der Waals surface area (Å²) in [4.78, 5) is 12.2. The molecule has 0 heterocycles. The maximum absolute atomic E-state index is 12.2. The third-order valence-electron chi connectivity index (χ3n) is 3.03. The van der Waals surface area contributed by atoms with Crippen LogP contribution in [0.25, 0.3) is 0 Å². The molecule has 110 valence electrons. The summed E-state index contributed by atoms with van der Waals surface area (Å²) in [5, 5.41) is 3.52. The van der Waals surface area contributed by atoms with E-state index >= 15 is 0 Å². The lowest BCUT2D eigenvalue weighted by atomic mass is 10.1. The molecule has 1 atom stereocenters. The molecule has 21 heavy (non-hydrogen) atoms. The summed E-state index contributed by atoms with van der Waals surface area (Å²) in [6.45, 7) is 0. The monoisotopic (exact) mass is 385 g/mol. The van der Waals surface area contributed by atoms with Gasteiger partial charge in [-0.25, -0.2) is 0 Å². The van der Waals surface area contributed by atoms with Gasteiger partial charge in [-0.2, -0.15) is 0 Å². The van der Waals surface area contributed by atoms with Crippen molar-refractivity contribution in [2.75, 3.05) is 5.88 Å². The number of alkyl halides is 1. The van der Waals surface area contributed by atoms with Crippen molar-refractivity contribution >= 4 is 45.0 Å². The van der Waals surface area contributed by atoms with Gasteiger partial charge in [-0.3, -0.25) is 4.79 Å². The zero-order valence-corrected chi connectivity index (χ0v) is 14.3. The van der Waals surface area contributed by atoms with E-state index in [0.29, 0.717) is 27.4 Å². The van der Waals surface area contributed by atoms with Gasteiger partial charge in [0.05, 0.1) is 5.02 Å². The minimum absolute atomic E-state index is 0.115. The fourth-order valence-electron chi connectivity index (χ4n) is 1.95. The zero-order valence-electron chi connectivity index (χ0n) is 11.2. The molecular weight excluding hydrogens is 373 g/mol. The Morgan fingerprint density at radius 2 is 1.90 bits per heavy atom. The second-order valence-corrected chi connectivity index (χ2v) is 6.21. The maximum Gasteiger partial charge on any atom is 0.251 e. The third kappa shape index (κ3) is 4.73. The highest BCUT2D eigenvalue weighted by atomic mass is 79.9. The Kier molecular flexibility index (Phi) is 6.09. The van der Waals surface area contributed by atoms with E-state index in [-0.39, 0.29) is 11.9 Å². The largest absolute Gasteiger partial charge is 0.348 e. The summed E-state index contributed by atoms with van der Waals surface area (Å²) in [5.41, 5.74) is 1.69. The Morgan fingerprint density at radius 3 is 2.52 bits per heavy atom. The van der Waals surface area contributed by atoms with Crippen LogP contribution >= 0.6 is 39.1 Å². The molecule has 2 aromatic carbocycles. The second kappa shape index (κ2) is 7.83. The van der Waals surface area contributed by atoms with Crippen molar-refractivity contribution in [1.29, 1.82) is 0 Å². The molecule has 0 radical (unpaired) electrons. The fraction of sp³-hybridized carbons (Fsp3) is 0.188. The molecule has 1 N–H and O–H groups in total. The van der Waals surface area contributed by atoms with Gasteiger partial charge in [0.25, 0.3) is 5.91 Å². The minimum atomic E-state index is -0.158. The average Bonchev–Trinajstić information content (AvgIpc) is 2.50. The van der Waals surface area contributed by atoms with Crippen LogP contribution in [0.4, 0.5) is 0 Å². The predicted octanol–water partition coefficient (Wildman–Crippen LogP) is 4.68. The molecule has 0 saturated carbocycles. The molecular formula is C16H14BrCl2NO. The van der Waals surface area contributed by atoms with Crippen molar-refractivity contribution in [2.24, 2.45) is 0 Å². The summed E-state index contributed by atoms with van der Waals surface area (Å²) >= 11 is 15.2. The molecule has 0 aliphatic heterocycles. The van der Waals surface area contributed by atoms with Crippen LogP contribution < -0.4 is 5.32 Å². The first-order valence-electron chi connectivity index (χ1n) is 6.46. The van der Waals surface area contributed by atoms with Gasteiger partial charge in [0.2, 0.25) is 0 Å². The summed E-state index contributed by atoms with van der Waals surface area (Å²) < 4.78 is 0.697. The number of carbonyl (C=O) groups excluding carboxylic acids is 1. The smallest absolute Gasteiger partial charge is 0.251 e. The molecule has 0 spiro atoms. The first-order chi connectivity index (χ1) is 10.1. The number of amides is 1.